The molecule has 0 aliphatic heterocycles. The van der Waals surface area contributed by atoms with Crippen LogP contribution in [0.2, 0.25) is 0 Å². The number of guanidine groups is 1. The molecule has 7 nitrogen and oxygen atoms in total. The maximum Gasteiger partial charge on any atom is 0.253 e. The second-order valence-corrected chi connectivity index (χ2v) is 6.83. The van der Waals surface area contributed by atoms with Crippen LogP contribution in [0.3, 0.4) is 0 Å². The predicted molar refractivity (Wildman–Crippen MR) is 115 cm³/mol. The Bertz CT molecular complexity index is 799. The smallest absolute Gasteiger partial charge is 0.253 e. The minimum absolute atomic E-state index is 0.00230. The zero-order chi connectivity index (χ0) is 20.5. The second kappa shape index (κ2) is 10.3. The van der Waals surface area contributed by atoms with E-state index in [0.717, 1.165) is 29.6 Å². The molecule has 1 heterocycles. The summed E-state index contributed by atoms with van der Waals surface area (Å²) >= 11 is 0. The highest BCUT2D eigenvalue weighted by molar-refractivity contribution is 5.93. The van der Waals surface area contributed by atoms with Crippen molar-refractivity contribution >= 4 is 17.7 Å². The van der Waals surface area contributed by atoms with Crippen LogP contribution in [0, 0.1) is 0 Å². The van der Waals surface area contributed by atoms with Gasteiger partial charge in [-0.15, -0.1) is 0 Å². The SMILES string of the molecule is CCNC(=NCc1ccc(C(=O)N(C)C)cc1)NCc1cccc(N(C)C)n1. The largest absolute Gasteiger partial charge is 0.363 e. The van der Waals surface area contributed by atoms with E-state index in [0.29, 0.717) is 18.7 Å². The van der Waals surface area contributed by atoms with Gasteiger partial charge in [0.25, 0.3) is 5.91 Å². The van der Waals surface area contributed by atoms with Gasteiger partial charge >= 0.3 is 0 Å². The fraction of sp³-hybridized carbons (Fsp3) is 0.381. The monoisotopic (exact) mass is 382 g/mol. The van der Waals surface area contributed by atoms with E-state index >= 15 is 0 Å². The van der Waals surface area contributed by atoms with Crippen molar-refractivity contribution in [1.29, 1.82) is 0 Å². The first-order valence-corrected chi connectivity index (χ1v) is 9.36. The highest BCUT2D eigenvalue weighted by Gasteiger charge is 2.07. The molecule has 0 atom stereocenters. The lowest BCUT2D eigenvalue weighted by Crippen LogP contribution is -2.37. The van der Waals surface area contributed by atoms with E-state index in [1.807, 2.05) is 68.4 Å². The van der Waals surface area contributed by atoms with Crippen LogP contribution < -0.4 is 15.5 Å². The Morgan fingerprint density at radius 2 is 1.75 bits per heavy atom. The molecule has 0 saturated heterocycles. The summed E-state index contributed by atoms with van der Waals surface area (Å²) < 4.78 is 0. The van der Waals surface area contributed by atoms with Gasteiger partial charge in [-0.3, -0.25) is 4.79 Å². The van der Waals surface area contributed by atoms with Crippen LogP contribution in [-0.2, 0) is 13.1 Å². The lowest BCUT2D eigenvalue weighted by atomic mass is 10.1. The number of hydrogen-bond acceptors (Lipinski definition) is 4. The van der Waals surface area contributed by atoms with Crippen molar-refractivity contribution in [1.82, 2.24) is 20.5 Å². The third-order valence-electron chi connectivity index (χ3n) is 4.06. The van der Waals surface area contributed by atoms with Crippen molar-refractivity contribution in [3.8, 4) is 0 Å². The summed E-state index contributed by atoms with van der Waals surface area (Å²) in [5.74, 6) is 1.65. The maximum absolute atomic E-state index is 12.0. The molecule has 0 fully saturated rings. The molecule has 2 aromatic rings. The van der Waals surface area contributed by atoms with Crippen molar-refractivity contribution < 1.29 is 4.79 Å². The molecule has 0 spiro atoms. The number of aromatic nitrogens is 1. The second-order valence-electron chi connectivity index (χ2n) is 6.83. The zero-order valence-electron chi connectivity index (χ0n) is 17.4. The van der Waals surface area contributed by atoms with Crippen LogP contribution >= 0.6 is 0 Å². The fourth-order valence-corrected chi connectivity index (χ4v) is 2.51. The highest BCUT2D eigenvalue weighted by Crippen LogP contribution is 2.09. The van der Waals surface area contributed by atoms with Crippen LogP contribution in [0.4, 0.5) is 5.82 Å². The minimum atomic E-state index is -0.00230. The summed E-state index contributed by atoms with van der Waals surface area (Å²) in [6.07, 6.45) is 0. The Balaban J connectivity index is 2.00. The molecule has 150 valence electrons. The summed E-state index contributed by atoms with van der Waals surface area (Å²) in [6, 6.07) is 13.5. The topological polar surface area (TPSA) is 72.9 Å². The van der Waals surface area contributed by atoms with Crippen molar-refractivity contribution in [3.63, 3.8) is 0 Å². The van der Waals surface area contributed by atoms with Crippen LogP contribution in [0.1, 0.15) is 28.5 Å². The van der Waals surface area contributed by atoms with Crippen molar-refractivity contribution in [2.24, 2.45) is 4.99 Å². The molecule has 1 aromatic carbocycles. The van der Waals surface area contributed by atoms with Gasteiger partial charge in [-0.25, -0.2) is 9.98 Å². The normalized spacial score (nSPS) is 11.1. The van der Waals surface area contributed by atoms with Gasteiger partial charge < -0.3 is 20.4 Å². The van der Waals surface area contributed by atoms with Gasteiger partial charge in [0.2, 0.25) is 0 Å². The van der Waals surface area contributed by atoms with E-state index in [-0.39, 0.29) is 5.91 Å². The molecule has 0 radical (unpaired) electrons. The molecule has 2 N–H and O–H groups in total. The zero-order valence-corrected chi connectivity index (χ0v) is 17.4. The Hall–Kier alpha value is -3.09. The number of carbonyl (C=O) groups excluding carboxylic acids is 1. The van der Waals surface area contributed by atoms with Gasteiger partial charge in [0.15, 0.2) is 5.96 Å². The minimum Gasteiger partial charge on any atom is -0.363 e. The molecular weight excluding hydrogens is 352 g/mol. The van der Waals surface area contributed by atoms with Gasteiger partial charge in [-0.2, -0.15) is 0 Å². The Kier molecular flexibility index (Phi) is 7.80. The highest BCUT2D eigenvalue weighted by atomic mass is 16.2. The van der Waals surface area contributed by atoms with Crippen LogP contribution in [0.25, 0.3) is 0 Å². The van der Waals surface area contributed by atoms with E-state index in [2.05, 4.69) is 20.6 Å². The molecule has 2 rings (SSSR count). The number of benzene rings is 1. The number of nitrogens with zero attached hydrogens (tertiary/aromatic N) is 4. The Labute approximate surface area is 167 Å². The average Bonchev–Trinajstić information content (AvgIpc) is 2.70. The third-order valence-corrected chi connectivity index (χ3v) is 4.06. The fourth-order valence-electron chi connectivity index (χ4n) is 2.51. The summed E-state index contributed by atoms with van der Waals surface area (Å²) in [5, 5.41) is 6.56. The summed E-state index contributed by atoms with van der Waals surface area (Å²) in [4.78, 5) is 24.7. The molecule has 1 aromatic heterocycles. The predicted octanol–water partition coefficient (Wildman–Crippen LogP) is 2.10. The van der Waals surface area contributed by atoms with E-state index in [1.165, 1.54) is 0 Å². The lowest BCUT2D eigenvalue weighted by molar-refractivity contribution is 0.0827. The van der Waals surface area contributed by atoms with Crippen molar-refractivity contribution in [2.75, 3.05) is 39.6 Å². The van der Waals surface area contributed by atoms with Crippen LogP contribution in [0.5, 0.6) is 0 Å². The molecule has 1 amide bonds. The Morgan fingerprint density at radius 3 is 2.36 bits per heavy atom. The number of pyridine rings is 1. The number of hydrogen-bond donors (Lipinski definition) is 2. The van der Waals surface area contributed by atoms with Gasteiger partial charge in [-0.05, 0) is 36.8 Å². The van der Waals surface area contributed by atoms with Gasteiger partial charge in [0.05, 0.1) is 18.8 Å². The van der Waals surface area contributed by atoms with Crippen LogP contribution in [0.15, 0.2) is 47.5 Å². The third kappa shape index (κ3) is 6.26. The van der Waals surface area contributed by atoms with Crippen LogP contribution in [-0.4, -0.2) is 56.5 Å². The number of amides is 1. The number of nitrogens with one attached hydrogen (secondary N) is 2. The summed E-state index contributed by atoms with van der Waals surface area (Å²) in [7, 11) is 7.45. The number of anilines is 1. The lowest BCUT2D eigenvalue weighted by Gasteiger charge is -2.14. The Morgan fingerprint density at radius 1 is 1.04 bits per heavy atom. The summed E-state index contributed by atoms with van der Waals surface area (Å²) in [6.45, 7) is 3.91. The standard InChI is InChI=1S/C21H30N6O/c1-6-22-21(24-15-18-8-7-9-19(25-18)26(2)3)23-14-16-10-12-17(13-11-16)20(28)27(4)5/h7-13H,6,14-15H2,1-5H3,(H2,22,23,24). The van der Waals surface area contributed by atoms with E-state index < -0.39 is 0 Å². The number of carbonyl (C=O) groups is 1. The molecule has 0 aliphatic carbocycles. The van der Waals surface area contributed by atoms with Crippen molar-refractivity contribution in [3.05, 3.63) is 59.3 Å². The van der Waals surface area contributed by atoms with E-state index in [1.54, 1.807) is 19.0 Å². The van der Waals surface area contributed by atoms with Gasteiger partial charge in [-0.1, -0.05) is 18.2 Å². The molecule has 0 bridgehead atoms. The summed E-state index contributed by atoms with van der Waals surface area (Å²) in [5.41, 5.74) is 2.67. The molecule has 28 heavy (non-hydrogen) atoms. The van der Waals surface area contributed by atoms with E-state index in [4.69, 9.17) is 0 Å². The number of aliphatic imine (C=N–C) groups is 1. The molecular formula is C21H30N6O. The first-order valence-electron chi connectivity index (χ1n) is 9.36. The molecule has 7 heteroatoms. The average molecular weight is 383 g/mol. The first-order chi connectivity index (χ1) is 13.4. The van der Waals surface area contributed by atoms with Gasteiger partial charge in [0.1, 0.15) is 5.82 Å². The molecule has 0 saturated carbocycles. The maximum atomic E-state index is 12.0. The molecule has 0 aliphatic rings. The quantitative estimate of drug-likeness (QED) is 0.567. The molecule has 0 unspecified atom stereocenters. The first kappa shape index (κ1) is 21.2. The van der Waals surface area contributed by atoms with Gasteiger partial charge in [0, 0.05) is 40.3 Å². The van der Waals surface area contributed by atoms with Crippen molar-refractivity contribution in [2.45, 2.75) is 20.0 Å². The van der Waals surface area contributed by atoms with E-state index in [9.17, 15) is 4.79 Å². The number of rotatable bonds is 7.